The van der Waals surface area contributed by atoms with Gasteiger partial charge in [-0.2, -0.15) is 5.10 Å². The topological polar surface area (TPSA) is 94.1 Å². The van der Waals surface area contributed by atoms with Crippen molar-refractivity contribution >= 4 is 11.8 Å². The predicted molar refractivity (Wildman–Crippen MR) is 83.8 cm³/mol. The molecule has 0 bridgehead atoms. The number of hydrogen-bond acceptors (Lipinski definition) is 4. The van der Waals surface area contributed by atoms with Crippen LogP contribution in [0.1, 0.15) is 30.1 Å². The minimum atomic E-state index is -0.346. The first kappa shape index (κ1) is 15.2. The van der Waals surface area contributed by atoms with Crippen LogP contribution in [0.25, 0.3) is 5.82 Å². The van der Waals surface area contributed by atoms with Crippen LogP contribution in [0.3, 0.4) is 0 Å². The van der Waals surface area contributed by atoms with E-state index in [4.69, 9.17) is 5.73 Å². The number of carbonyl (C=O) groups is 2. The Morgan fingerprint density at radius 2 is 2.13 bits per heavy atom. The SMILES string of the molecule is C[C@H]1CC[C@H](C(N)=O)CN1C(=O)c1ccc(-n2cccn2)nc1. The van der Waals surface area contributed by atoms with E-state index in [1.165, 1.54) is 0 Å². The third-order valence-electron chi connectivity index (χ3n) is 4.28. The van der Waals surface area contributed by atoms with Gasteiger partial charge in [0.1, 0.15) is 0 Å². The highest BCUT2D eigenvalue weighted by Gasteiger charge is 2.32. The van der Waals surface area contributed by atoms with Crippen LogP contribution in [-0.4, -0.2) is 44.1 Å². The number of amides is 2. The van der Waals surface area contributed by atoms with Gasteiger partial charge < -0.3 is 10.6 Å². The van der Waals surface area contributed by atoms with E-state index in [9.17, 15) is 9.59 Å². The molecule has 2 atom stereocenters. The largest absolute Gasteiger partial charge is 0.369 e. The first-order valence-corrected chi connectivity index (χ1v) is 7.62. The molecule has 7 heteroatoms. The molecular weight excluding hydrogens is 294 g/mol. The number of carbonyl (C=O) groups excluding carboxylic acids is 2. The lowest BCUT2D eigenvalue weighted by molar-refractivity contribution is -0.123. The van der Waals surface area contributed by atoms with Crippen molar-refractivity contribution in [3.8, 4) is 5.82 Å². The zero-order valence-electron chi connectivity index (χ0n) is 12.9. The van der Waals surface area contributed by atoms with Crippen LogP contribution in [-0.2, 0) is 4.79 Å². The molecule has 1 aliphatic heterocycles. The van der Waals surface area contributed by atoms with E-state index in [1.807, 2.05) is 6.92 Å². The van der Waals surface area contributed by atoms with Gasteiger partial charge in [0.25, 0.3) is 5.91 Å². The maximum atomic E-state index is 12.7. The molecule has 0 aromatic carbocycles. The summed E-state index contributed by atoms with van der Waals surface area (Å²) in [4.78, 5) is 30.1. The van der Waals surface area contributed by atoms with Gasteiger partial charge in [-0.1, -0.05) is 0 Å². The van der Waals surface area contributed by atoms with Crippen LogP contribution >= 0.6 is 0 Å². The van der Waals surface area contributed by atoms with Gasteiger partial charge in [0.15, 0.2) is 5.82 Å². The first-order valence-electron chi connectivity index (χ1n) is 7.62. The van der Waals surface area contributed by atoms with Crippen molar-refractivity contribution in [3.63, 3.8) is 0 Å². The van der Waals surface area contributed by atoms with E-state index < -0.39 is 0 Å². The Morgan fingerprint density at radius 1 is 1.30 bits per heavy atom. The lowest BCUT2D eigenvalue weighted by Gasteiger charge is -2.36. The molecule has 2 N–H and O–H groups in total. The lowest BCUT2D eigenvalue weighted by Crippen LogP contribution is -2.48. The van der Waals surface area contributed by atoms with Gasteiger partial charge in [0, 0.05) is 31.2 Å². The van der Waals surface area contributed by atoms with Crippen LogP contribution in [0, 0.1) is 5.92 Å². The summed E-state index contributed by atoms with van der Waals surface area (Å²) < 4.78 is 1.63. The van der Waals surface area contributed by atoms with Crippen molar-refractivity contribution in [2.75, 3.05) is 6.54 Å². The summed E-state index contributed by atoms with van der Waals surface area (Å²) >= 11 is 0. The Hall–Kier alpha value is -2.70. The number of nitrogens with two attached hydrogens (primary N) is 1. The molecule has 3 heterocycles. The maximum absolute atomic E-state index is 12.7. The summed E-state index contributed by atoms with van der Waals surface area (Å²) in [5.41, 5.74) is 5.89. The number of aromatic nitrogens is 3. The second kappa shape index (κ2) is 6.20. The molecular formula is C16H19N5O2. The predicted octanol–water partition coefficient (Wildman–Crippen LogP) is 0.993. The molecule has 2 aromatic heterocycles. The molecule has 7 nitrogen and oxygen atoms in total. The van der Waals surface area contributed by atoms with Gasteiger partial charge in [-0.3, -0.25) is 9.59 Å². The smallest absolute Gasteiger partial charge is 0.255 e. The summed E-state index contributed by atoms with van der Waals surface area (Å²) in [6.07, 6.45) is 6.50. The molecule has 0 radical (unpaired) electrons. The second-order valence-corrected chi connectivity index (χ2v) is 5.84. The number of pyridine rings is 1. The van der Waals surface area contributed by atoms with Gasteiger partial charge in [-0.15, -0.1) is 0 Å². The molecule has 2 amide bonds. The van der Waals surface area contributed by atoms with Crippen molar-refractivity contribution in [3.05, 3.63) is 42.4 Å². The van der Waals surface area contributed by atoms with Crippen LogP contribution in [0.5, 0.6) is 0 Å². The summed E-state index contributed by atoms with van der Waals surface area (Å²) in [5.74, 6) is -0.0930. The number of rotatable bonds is 3. The Bertz CT molecular complexity index is 696. The number of nitrogens with zero attached hydrogens (tertiary/aromatic N) is 4. The highest BCUT2D eigenvalue weighted by atomic mass is 16.2. The number of primary amides is 1. The van der Waals surface area contributed by atoms with Gasteiger partial charge in [0.05, 0.1) is 11.5 Å². The average Bonchev–Trinajstić information content (AvgIpc) is 3.09. The lowest BCUT2D eigenvalue weighted by atomic mass is 9.92. The highest BCUT2D eigenvalue weighted by Crippen LogP contribution is 2.23. The summed E-state index contributed by atoms with van der Waals surface area (Å²) in [7, 11) is 0. The third-order valence-corrected chi connectivity index (χ3v) is 4.28. The normalized spacial score (nSPS) is 21.2. The molecule has 0 aliphatic carbocycles. The molecule has 2 aromatic rings. The highest BCUT2D eigenvalue weighted by molar-refractivity contribution is 5.94. The molecule has 23 heavy (non-hydrogen) atoms. The Balaban J connectivity index is 1.77. The third kappa shape index (κ3) is 3.08. The number of piperidine rings is 1. The van der Waals surface area contributed by atoms with Crippen LogP contribution in [0.4, 0.5) is 0 Å². The van der Waals surface area contributed by atoms with Crippen molar-refractivity contribution < 1.29 is 9.59 Å². The summed E-state index contributed by atoms with van der Waals surface area (Å²) in [5, 5.41) is 4.10. The first-order chi connectivity index (χ1) is 11.1. The van der Waals surface area contributed by atoms with Gasteiger partial charge in [0.2, 0.25) is 5.91 Å². The van der Waals surface area contributed by atoms with Crippen molar-refractivity contribution in [2.45, 2.75) is 25.8 Å². The minimum absolute atomic E-state index is 0.0869. The van der Waals surface area contributed by atoms with Crippen LogP contribution < -0.4 is 5.73 Å². The zero-order chi connectivity index (χ0) is 16.4. The Labute approximate surface area is 134 Å². The number of hydrogen-bond donors (Lipinski definition) is 1. The average molecular weight is 313 g/mol. The molecule has 120 valence electrons. The number of likely N-dealkylation sites (tertiary alicyclic amines) is 1. The zero-order valence-corrected chi connectivity index (χ0v) is 12.9. The van der Waals surface area contributed by atoms with Crippen molar-refractivity contribution in [1.82, 2.24) is 19.7 Å². The fourth-order valence-electron chi connectivity index (χ4n) is 2.84. The fourth-order valence-corrected chi connectivity index (χ4v) is 2.84. The summed E-state index contributed by atoms with van der Waals surface area (Å²) in [6.45, 7) is 2.36. The molecule has 0 unspecified atom stereocenters. The van der Waals surface area contributed by atoms with Gasteiger partial charge >= 0.3 is 0 Å². The quantitative estimate of drug-likeness (QED) is 0.914. The van der Waals surface area contributed by atoms with Gasteiger partial charge in [-0.25, -0.2) is 9.67 Å². The van der Waals surface area contributed by atoms with Crippen LogP contribution in [0.15, 0.2) is 36.8 Å². The van der Waals surface area contributed by atoms with E-state index in [-0.39, 0.29) is 23.8 Å². The van der Waals surface area contributed by atoms with Crippen molar-refractivity contribution in [2.24, 2.45) is 11.7 Å². The maximum Gasteiger partial charge on any atom is 0.255 e. The summed E-state index contributed by atoms with van der Waals surface area (Å²) in [6, 6.07) is 5.37. The molecule has 0 saturated carbocycles. The van der Waals surface area contributed by atoms with Crippen molar-refractivity contribution in [1.29, 1.82) is 0 Å². The monoisotopic (exact) mass is 313 g/mol. The standard InChI is InChI=1S/C16H19N5O2/c1-11-3-4-13(15(17)22)10-20(11)16(23)12-5-6-14(18-9-12)21-8-2-7-19-21/h2,5-9,11,13H,3-4,10H2,1H3,(H2,17,22)/t11-,13-/m0/s1. The molecule has 0 spiro atoms. The van der Waals surface area contributed by atoms with E-state index in [1.54, 1.807) is 46.4 Å². The van der Waals surface area contributed by atoms with E-state index in [0.717, 1.165) is 12.8 Å². The van der Waals surface area contributed by atoms with Gasteiger partial charge in [-0.05, 0) is 38.0 Å². The Kier molecular flexibility index (Phi) is 4.10. The minimum Gasteiger partial charge on any atom is -0.369 e. The van der Waals surface area contributed by atoms with Crippen LogP contribution in [0.2, 0.25) is 0 Å². The Morgan fingerprint density at radius 3 is 2.74 bits per heavy atom. The molecule has 3 rings (SSSR count). The van der Waals surface area contributed by atoms with E-state index >= 15 is 0 Å². The molecule has 1 fully saturated rings. The van der Waals surface area contributed by atoms with E-state index in [2.05, 4.69) is 10.1 Å². The molecule has 1 aliphatic rings. The van der Waals surface area contributed by atoms with E-state index in [0.29, 0.717) is 17.9 Å². The second-order valence-electron chi connectivity index (χ2n) is 5.84. The molecule has 1 saturated heterocycles. The fraction of sp³-hybridized carbons (Fsp3) is 0.375.